The molecule has 0 saturated carbocycles. The molecule has 216 valence electrons. The van der Waals surface area contributed by atoms with Crippen molar-refractivity contribution in [2.75, 3.05) is 44.6 Å². The van der Waals surface area contributed by atoms with E-state index in [1.54, 1.807) is 46.7 Å². The van der Waals surface area contributed by atoms with Crippen LogP contribution in [0.3, 0.4) is 0 Å². The number of anilines is 1. The number of carbonyl (C=O) groups is 3. The molecule has 13 heteroatoms. The van der Waals surface area contributed by atoms with Gasteiger partial charge >= 0.3 is 11.7 Å². The fourth-order valence-corrected chi connectivity index (χ4v) is 4.92. The number of benzene rings is 1. The van der Waals surface area contributed by atoms with Crippen molar-refractivity contribution in [2.24, 2.45) is 23.1 Å². The Morgan fingerprint density at radius 2 is 1.65 bits per heavy atom. The summed E-state index contributed by atoms with van der Waals surface area (Å²) in [6.45, 7) is 7.91. The van der Waals surface area contributed by atoms with Crippen LogP contribution in [-0.2, 0) is 16.0 Å². The van der Waals surface area contributed by atoms with Crippen molar-refractivity contribution in [1.29, 1.82) is 0 Å². The van der Waals surface area contributed by atoms with Crippen LogP contribution in [0.2, 0.25) is 0 Å². The van der Waals surface area contributed by atoms with Crippen molar-refractivity contribution >= 4 is 23.7 Å². The summed E-state index contributed by atoms with van der Waals surface area (Å²) in [6.07, 6.45) is 1.90. The minimum absolute atomic E-state index is 0.0287. The highest BCUT2D eigenvalue weighted by Crippen LogP contribution is 2.17. The molecule has 4 amide bonds. The number of rotatable bonds is 6. The van der Waals surface area contributed by atoms with Crippen LogP contribution in [0.1, 0.15) is 26.3 Å². The smallest absolute Gasteiger partial charge is 0.339 e. The molecule has 2 aliphatic heterocycles. The van der Waals surface area contributed by atoms with Gasteiger partial charge in [0.15, 0.2) is 0 Å². The zero-order chi connectivity index (χ0) is 29.2. The van der Waals surface area contributed by atoms with E-state index in [0.29, 0.717) is 51.4 Å². The highest BCUT2D eigenvalue weighted by atomic mass is 16.2. The third kappa shape index (κ3) is 6.66. The van der Waals surface area contributed by atoms with Crippen molar-refractivity contribution in [3.8, 4) is 5.69 Å². The highest BCUT2D eigenvalue weighted by Gasteiger charge is 2.33. The van der Waals surface area contributed by atoms with Gasteiger partial charge in [-0.2, -0.15) is 4.98 Å². The van der Waals surface area contributed by atoms with Crippen molar-refractivity contribution in [2.45, 2.75) is 44.8 Å². The van der Waals surface area contributed by atoms with Gasteiger partial charge < -0.3 is 31.9 Å². The number of hydrogen-bond acceptors (Lipinski definition) is 8. The van der Waals surface area contributed by atoms with Gasteiger partial charge in [0.1, 0.15) is 5.82 Å². The topological polar surface area (TPSA) is 186 Å². The molecule has 0 spiro atoms. The summed E-state index contributed by atoms with van der Waals surface area (Å²) in [4.78, 5) is 59.4. The Kier molecular flexibility index (Phi) is 8.57. The highest BCUT2D eigenvalue weighted by molar-refractivity contribution is 5.89. The number of nitrogens with one attached hydrogen (secondary N) is 1. The van der Waals surface area contributed by atoms with Crippen molar-refractivity contribution in [3.63, 3.8) is 0 Å². The van der Waals surface area contributed by atoms with Crippen LogP contribution < -0.4 is 28.2 Å². The van der Waals surface area contributed by atoms with Gasteiger partial charge in [0.25, 0.3) is 0 Å². The van der Waals surface area contributed by atoms with Gasteiger partial charge in [0.05, 0.1) is 17.3 Å². The van der Waals surface area contributed by atoms with Crippen molar-refractivity contribution < 1.29 is 14.4 Å². The third-order valence-corrected chi connectivity index (χ3v) is 7.41. The first-order valence-electron chi connectivity index (χ1n) is 13.5. The van der Waals surface area contributed by atoms with Gasteiger partial charge in [0.2, 0.25) is 11.8 Å². The van der Waals surface area contributed by atoms with E-state index in [1.165, 1.54) is 10.8 Å². The van der Waals surface area contributed by atoms with Crippen LogP contribution in [0.4, 0.5) is 10.6 Å². The largest absolute Gasteiger partial charge is 0.354 e. The van der Waals surface area contributed by atoms with E-state index in [-0.39, 0.29) is 29.6 Å². The predicted molar refractivity (Wildman–Crippen MR) is 151 cm³/mol. The van der Waals surface area contributed by atoms with E-state index < -0.39 is 23.3 Å². The molecular formula is C27H39N9O4. The quantitative estimate of drug-likeness (QED) is 0.362. The van der Waals surface area contributed by atoms with Crippen LogP contribution in [0.25, 0.3) is 5.69 Å². The minimum Gasteiger partial charge on any atom is -0.339 e. The third-order valence-electron chi connectivity index (χ3n) is 7.41. The number of likely N-dealkylation sites (tertiary alicyclic amines) is 1. The van der Waals surface area contributed by atoms with Gasteiger partial charge in [-0.1, -0.05) is 19.1 Å². The first kappa shape index (κ1) is 29.2. The Morgan fingerprint density at radius 3 is 2.20 bits per heavy atom. The molecule has 3 atom stereocenters. The fourth-order valence-electron chi connectivity index (χ4n) is 4.92. The molecule has 2 aliphatic rings. The van der Waals surface area contributed by atoms with Gasteiger partial charge in [-0.25, -0.2) is 9.59 Å². The molecule has 0 radical (unpaired) electrons. The molecule has 1 aromatic carbocycles. The second kappa shape index (κ2) is 11.7. The number of carbonyl (C=O) groups excluding carboxylic acids is 3. The second-order valence-corrected chi connectivity index (χ2v) is 11.3. The molecule has 2 saturated heterocycles. The van der Waals surface area contributed by atoms with Crippen LogP contribution >= 0.6 is 0 Å². The molecule has 2 fully saturated rings. The van der Waals surface area contributed by atoms with Crippen molar-refractivity contribution in [1.82, 2.24) is 24.3 Å². The van der Waals surface area contributed by atoms with Crippen molar-refractivity contribution in [3.05, 3.63) is 52.6 Å². The predicted octanol–water partition coefficient (Wildman–Crippen LogP) is -0.679. The number of aromatic nitrogens is 2. The molecule has 7 N–H and O–H groups in total. The molecular weight excluding hydrogens is 514 g/mol. The molecule has 2 aromatic rings. The van der Waals surface area contributed by atoms with E-state index in [1.807, 2.05) is 19.1 Å². The Labute approximate surface area is 233 Å². The van der Waals surface area contributed by atoms with Crippen LogP contribution in [0.15, 0.2) is 41.3 Å². The Hall–Kier alpha value is -3.81. The molecule has 0 aliphatic carbocycles. The average Bonchev–Trinajstić information content (AvgIpc) is 3.25. The first-order chi connectivity index (χ1) is 18.8. The van der Waals surface area contributed by atoms with E-state index in [2.05, 4.69) is 10.3 Å². The lowest BCUT2D eigenvalue weighted by atomic mass is 10.0. The lowest BCUT2D eigenvalue weighted by Gasteiger charge is -2.37. The van der Waals surface area contributed by atoms with E-state index in [4.69, 9.17) is 17.2 Å². The molecule has 1 aromatic heterocycles. The monoisotopic (exact) mass is 553 g/mol. The molecule has 3 heterocycles. The molecule has 2 unspecified atom stereocenters. The lowest BCUT2D eigenvalue weighted by Crippen LogP contribution is -2.58. The number of hydrogen-bond donors (Lipinski definition) is 4. The molecule has 4 rings (SSSR count). The standard InChI is InChI=1S/C27H39N9O4/c1-17-15-35(16-21(17)29)23(37)20(28)14-18-4-6-19(7-5-18)36-9-8-22(32-26(36)40)31-25(39)34-12-10-33(11-13-34)24(38)27(2,3)30/h4-9,17,20-21H,10-16,28-30H2,1-3H3,(H,31,32,39,40)/t17?,20-,21?/m0/s1. The fraction of sp³-hybridized carbons (Fsp3) is 0.519. The Balaban J connectivity index is 1.32. The van der Waals surface area contributed by atoms with Crippen LogP contribution in [-0.4, -0.2) is 99.0 Å². The number of amides is 4. The maximum absolute atomic E-state index is 12.7. The Bertz CT molecular complexity index is 1290. The number of piperazine rings is 1. The zero-order valence-corrected chi connectivity index (χ0v) is 23.2. The van der Waals surface area contributed by atoms with Gasteiger partial charge in [-0.15, -0.1) is 0 Å². The van der Waals surface area contributed by atoms with E-state index in [0.717, 1.165) is 5.56 Å². The van der Waals surface area contributed by atoms with Gasteiger partial charge in [0, 0.05) is 51.5 Å². The summed E-state index contributed by atoms with van der Waals surface area (Å²) < 4.78 is 1.36. The second-order valence-electron chi connectivity index (χ2n) is 11.3. The summed E-state index contributed by atoms with van der Waals surface area (Å²) in [5, 5.41) is 2.65. The SMILES string of the molecule is CC1CN(C(=O)[C@@H](N)Cc2ccc(-n3ccc(NC(=O)N4CCN(C(=O)C(C)(C)N)CC4)nc3=O)cc2)CC1N. The van der Waals surface area contributed by atoms with E-state index in [9.17, 15) is 19.2 Å². The molecule has 40 heavy (non-hydrogen) atoms. The first-order valence-corrected chi connectivity index (χ1v) is 13.5. The maximum atomic E-state index is 12.7. The van der Waals surface area contributed by atoms with E-state index >= 15 is 0 Å². The normalized spacial score (nSPS) is 20.4. The van der Waals surface area contributed by atoms with Crippen LogP contribution in [0.5, 0.6) is 0 Å². The number of urea groups is 1. The average molecular weight is 554 g/mol. The minimum atomic E-state index is -0.966. The summed E-state index contributed by atoms with van der Waals surface area (Å²) in [5.74, 6) is 0.102. The summed E-state index contributed by atoms with van der Waals surface area (Å²) in [7, 11) is 0. The Morgan fingerprint density at radius 1 is 1.02 bits per heavy atom. The zero-order valence-electron chi connectivity index (χ0n) is 23.2. The summed E-state index contributed by atoms with van der Waals surface area (Å²) in [5.41, 5.74) is 18.0. The van der Waals surface area contributed by atoms with Gasteiger partial charge in [-0.05, 0) is 49.9 Å². The summed E-state index contributed by atoms with van der Waals surface area (Å²) >= 11 is 0. The van der Waals surface area contributed by atoms with Crippen LogP contribution in [0, 0.1) is 5.92 Å². The number of nitrogens with two attached hydrogens (primary N) is 3. The number of nitrogens with zero attached hydrogens (tertiary/aromatic N) is 5. The molecule has 13 nitrogen and oxygen atoms in total. The lowest BCUT2D eigenvalue weighted by molar-refractivity contribution is -0.137. The maximum Gasteiger partial charge on any atom is 0.354 e. The van der Waals surface area contributed by atoms with Gasteiger partial charge in [-0.3, -0.25) is 19.5 Å². The molecule has 0 bridgehead atoms. The summed E-state index contributed by atoms with van der Waals surface area (Å²) in [6, 6.07) is 7.59.